The summed E-state index contributed by atoms with van der Waals surface area (Å²) in [6.45, 7) is 0.242. The number of nitrogens with zero attached hydrogens (tertiary/aromatic N) is 3. The molecule has 0 spiro atoms. The monoisotopic (exact) mass is 310 g/mol. The van der Waals surface area contributed by atoms with Crippen molar-refractivity contribution in [1.82, 2.24) is 10.3 Å². The molecule has 0 aromatic carbocycles. The Hall–Kier alpha value is -1.11. The largest absolute Gasteiger partial charge is 0.427 e. The molecule has 0 radical (unpaired) electrons. The molecule has 0 bridgehead atoms. The van der Waals surface area contributed by atoms with Gasteiger partial charge in [0, 0.05) is 19.8 Å². The van der Waals surface area contributed by atoms with E-state index < -0.39 is 9.38 Å². The Balaban J connectivity index is 2.72. The van der Waals surface area contributed by atoms with Gasteiger partial charge in [-0.25, -0.2) is 4.98 Å². The van der Waals surface area contributed by atoms with Crippen molar-refractivity contribution in [1.29, 1.82) is 0 Å². The Morgan fingerprint density at radius 3 is 2.72 bits per heavy atom. The summed E-state index contributed by atoms with van der Waals surface area (Å²) in [5, 5.41) is 13.7. The summed E-state index contributed by atoms with van der Waals surface area (Å²) in [4.78, 5) is 17.4. The highest BCUT2D eigenvalue weighted by Gasteiger charge is 2.44. The highest BCUT2D eigenvalue weighted by Crippen LogP contribution is 2.22. The van der Waals surface area contributed by atoms with Crippen LogP contribution in [0.4, 0.5) is 0 Å². The van der Waals surface area contributed by atoms with Gasteiger partial charge in [-0.1, -0.05) is 17.7 Å². The van der Waals surface area contributed by atoms with E-state index in [0.29, 0.717) is 5.15 Å². The smallest absolute Gasteiger partial charge is 0.361 e. The Bertz CT molecular complexity index is 461. The summed E-state index contributed by atoms with van der Waals surface area (Å²) in [7, 11) is 1.35. The Morgan fingerprint density at radius 2 is 2.28 bits per heavy atom. The fraction of sp³-hybridized carbons (Fsp3) is 0.333. The van der Waals surface area contributed by atoms with Crippen molar-refractivity contribution in [2.75, 3.05) is 7.05 Å². The fourth-order valence-electron chi connectivity index (χ4n) is 1.10. The molecule has 1 aromatic rings. The van der Waals surface area contributed by atoms with Crippen LogP contribution < -0.4 is 5.32 Å². The summed E-state index contributed by atoms with van der Waals surface area (Å²) in [5.74, 6) is -0.147. The van der Waals surface area contributed by atoms with E-state index in [1.54, 1.807) is 12.1 Å². The average molecular weight is 312 g/mol. The summed E-state index contributed by atoms with van der Waals surface area (Å²) < 4.78 is -2.30. The lowest BCUT2D eigenvalue weighted by atomic mass is 10.3. The van der Waals surface area contributed by atoms with Gasteiger partial charge < -0.3 is 5.32 Å². The van der Waals surface area contributed by atoms with Crippen LogP contribution in [0.2, 0.25) is 5.15 Å². The maximum absolute atomic E-state index is 10.7. The summed E-state index contributed by atoms with van der Waals surface area (Å²) in [6, 6.07) is 3.31. The normalized spacial score (nSPS) is 12.3. The lowest BCUT2D eigenvalue weighted by molar-refractivity contribution is -0.497. The van der Waals surface area contributed by atoms with Crippen LogP contribution in [0.15, 0.2) is 23.3 Å². The molecule has 6 nitrogen and oxygen atoms in total. The number of amidine groups is 1. The van der Waals surface area contributed by atoms with Crippen LogP contribution in [-0.2, 0) is 6.54 Å². The minimum absolute atomic E-state index is 0.147. The molecule has 0 aliphatic carbocycles. The SMILES string of the molecule is CN=C(NCc1ccc(Cl)nc1)C(Cl)(Cl)[N+](=O)[O-]. The van der Waals surface area contributed by atoms with Crippen LogP contribution >= 0.6 is 34.8 Å². The minimum atomic E-state index is -2.30. The number of alkyl halides is 2. The van der Waals surface area contributed by atoms with E-state index in [4.69, 9.17) is 34.8 Å². The minimum Gasteiger partial charge on any atom is -0.361 e. The lowest BCUT2D eigenvalue weighted by Gasteiger charge is -2.14. The molecule has 0 atom stereocenters. The molecule has 0 unspecified atom stereocenters. The van der Waals surface area contributed by atoms with Crippen molar-refractivity contribution in [2.24, 2.45) is 4.99 Å². The third-order valence-corrected chi connectivity index (χ3v) is 2.84. The molecule has 0 saturated heterocycles. The fourth-order valence-corrected chi connectivity index (χ4v) is 1.52. The molecule has 0 amide bonds. The topological polar surface area (TPSA) is 80.4 Å². The molecule has 0 saturated carbocycles. The number of pyridine rings is 1. The van der Waals surface area contributed by atoms with Gasteiger partial charge >= 0.3 is 4.46 Å². The van der Waals surface area contributed by atoms with Gasteiger partial charge in [-0.3, -0.25) is 15.1 Å². The predicted octanol–water partition coefficient (Wildman–Crippen LogP) is 2.26. The Labute approximate surface area is 118 Å². The summed E-state index contributed by atoms with van der Waals surface area (Å²) in [6.07, 6.45) is 1.53. The van der Waals surface area contributed by atoms with Crippen LogP contribution in [0.3, 0.4) is 0 Å². The average Bonchev–Trinajstić information content (AvgIpc) is 2.31. The molecule has 0 aliphatic rings. The van der Waals surface area contributed by atoms with E-state index >= 15 is 0 Å². The van der Waals surface area contributed by atoms with Crippen LogP contribution in [0, 0.1) is 10.1 Å². The van der Waals surface area contributed by atoms with Crippen LogP contribution in [0.5, 0.6) is 0 Å². The molecule has 0 aliphatic heterocycles. The van der Waals surface area contributed by atoms with E-state index in [2.05, 4.69) is 15.3 Å². The Kier molecular flexibility index (Phi) is 5.13. The number of aliphatic imine (C=N–C) groups is 1. The van der Waals surface area contributed by atoms with Gasteiger partial charge in [0.25, 0.3) is 0 Å². The van der Waals surface area contributed by atoms with E-state index in [1.165, 1.54) is 13.2 Å². The third-order valence-electron chi connectivity index (χ3n) is 1.99. The first-order valence-electron chi connectivity index (χ1n) is 4.71. The molecule has 1 aromatic heterocycles. The molecule has 9 heteroatoms. The van der Waals surface area contributed by atoms with Crippen molar-refractivity contribution in [3.8, 4) is 0 Å². The quantitative estimate of drug-likeness (QED) is 0.176. The molecular formula is C9H9Cl3N4O2. The van der Waals surface area contributed by atoms with Crippen molar-refractivity contribution in [3.05, 3.63) is 39.2 Å². The van der Waals surface area contributed by atoms with Gasteiger partial charge in [0.15, 0.2) is 0 Å². The van der Waals surface area contributed by atoms with E-state index in [-0.39, 0.29) is 12.4 Å². The van der Waals surface area contributed by atoms with Gasteiger partial charge in [-0.05, 0) is 34.8 Å². The zero-order valence-electron chi connectivity index (χ0n) is 9.23. The number of halogens is 3. The van der Waals surface area contributed by atoms with Gasteiger partial charge in [0.2, 0.25) is 5.84 Å². The first-order chi connectivity index (χ1) is 8.37. The number of hydrogen-bond donors (Lipinski definition) is 1. The molecule has 0 fully saturated rings. The summed E-state index contributed by atoms with van der Waals surface area (Å²) in [5.41, 5.74) is 0.757. The second kappa shape index (κ2) is 6.17. The van der Waals surface area contributed by atoms with Crippen molar-refractivity contribution in [2.45, 2.75) is 11.0 Å². The van der Waals surface area contributed by atoms with Crippen LogP contribution in [0.1, 0.15) is 5.56 Å². The van der Waals surface area contributed by atoms with Crippen molar-refractivity contribution in [3.63, 3.8) is 0 Å². The van der Waals surface area contributed by atoms with Crippen LogP contribution in [0.25, 0.3) is 0 Å². The van der Waals surface area contributed by atoms with E-state index in [0.717, 1.165) is 5.56 Å². The summed E-state index contributed by atoms with van der Waals surface area (Å²) >= 11 is 16.8. The number of nitrogens with one attached hydrogen (secondary N) is 1. The second-order valence-corrected chi connectivity index (χ2v) is 4.89. The van der Waals surface area contributed by atoms with Gasteiger partial charge in [0.05, 0.1) is 4.92 Å². The standard InChI is InChI=1S/C9H9Cl3N4O2/c1-13-8(9(11,12)16(17)18)15-5-6-2-3-7(10)14-4-6/h2-4H,5H2,1H3,(H,13,15). The maximum Gasteiger partial charge on any atom is 0.427 e. The van der Waals surface area contributed by atoms with E-state index in [9.17, 15) is 10.1 Å². The van der Waals surface area contributed by atoms with Crippen LogP contribution in [-0.4, -0.2) is 27.2 Å². The number of rotatable bonds is 4. The Morgan fingerprint density at radius 1 is 1.61 bits per heavy atom. The highest BCUT2D eigenvalue weighted by atomic mass is 35.5. The van der Waals surface area contributed by atoms with Crippen molar-refractivity contribution >= 4 is 40.6 Å². The second-order valence-electron chi connectivity index (χ2n) is 3.21. The van der Waals surface area contributed by atoms with E-state index in [1.807, 2.05) is 0 Å². The number of hydrogen-bond acceptors (Lipinski definition) is 4. The highest BCUT2D eigenvalue weighted by molar-refractivity contribution is 6.57. The molecule has 1 heterocycles. The van der Waals surface area contributed by atoms with Gasteiger partial charge in [-0.2, -0.15) is 0 Å². The van der Waals surface area contributed by atoms with Gasteiger partial charge in [-0.15, -0.1) is 0 Å². The number of aromatic nitrogens is 1. The molecular weight excluding hydrogens is 302 g/mol. The predicted molar refractivity (Wildman–Crippen MR) is 70.9 cm³/mol. The maximum atomic E-state index is 10.7. The number of nitro groups is 1. The zero-order valence-corrected chi connectivity index (χ0v) is 11.5. The first-order valence-corrected chi connectivity index (χ1v) is 5.85. The lowest BCUT2D eigenvalue weighted by Crippen LogP contribution is -2.43. The molecule has 18 heavy (non-hydrogen) atoms. The van der Waals surface area contributed by atoms with Crippen molar-refractivity contribution < 1.29 is 4.92 Å². The van der Waals surface area contributed by atoms with Gasteiger partial charge in [0.1, 0.15) is 5.15 Å². The molecule has 1 rings (SSSR count). The molecule has 98 valence electrons. The zero-order chi connectivity index (χ0) is 13.8. The molecule has 1 N–H and O–H groups in total. The third kappa shape index (κ3) is 3.69. The first kappa shape index (κ1) is 14.9.